The van der Waals surface area contributed by atoms with Crippen LogP contribution in [0.15, 0.2) is 47.4 Å². The van der Waals surface area contributed by atoms with E-state index in [0.717, 1.165) is 0 Å². The molecule has 1 fully saturated rings. The maximum Gasteiger partial charge on any atom is 0.269 e. The lowest BCUT2D eigenvalue weighted by Crippen LogP contribution is -2.40. The zero-order valence-corrected chi connectivity index (χ0v) is 19.2. The maximum atomic E-state index is 12.9. The van der Waals surface area contributed by atoms with E-state index >= 15 is 0 Å². The molecule has 2 amide bonds. The lowest BCUT2D eigenvalue weighted by molar-refractivity contribution is -0.384. The summed E-state index contributed by atoms with van der Waals surface area (Å²) in [5.41, 5.74) is 0.264. The molecule has 2 N–H and O–H groups in total. The minimum absolute atomic E-state index is 0.00423. The number of rotatable bonds is 9. The van der Waals surface area contributed by atoms with Crippen molar-refractivity contribution in [3.8, 4) is 5.75 Å². The van der Waals surface area contributed by atoms with E-state index < -0.39 is 26.8 Å². The molecule has 1 aliphatic rings. The highest BCUT2D eigenvalue weighted by Gasteiger charge is 2.27. The van der Waals surface area contributed by atoms with Crippen molar-refractivity contribution < 1.29 is 32.4 Å². The minimum atomic E-state index is -3.77. The first-order valence-electron chi connectivity index (χ1n) is 10.3. The number of methoxy groups -OCH3 is 1. The van der Waals surface area contributed by atoms with E-state index in [-0.39, 0.29) is 53.6 Å². The first kappa shape index (κ1) is 25.1. The molecule has 2 aromatic rings. The summed E-state index contributed by atoms with van der Waals surface area (Å²) in [4.78, 5) is 34.7. The monoisotopic (exact) mass is 492 g/mol. The van der Waals surface area contributed by atoms with Gasteiger partial charge in [0.05, 0.1) is 35.8 Å². The smallest absolute Gasteiger partial charge is 0.269 e. The van der Waals surface area contributed by atoms with Crippen LogP contribution in [-0.2, 0) is 19.6 Å². The molecule has 0 radical (unpaired) electrons. The number of carbonyl (C=O) groups excluding carboxylic acids is 2. The van der Waals surface area contributed by atoms with Crippen molar-refractivity contribution in [1.82, 2.24) is 9.62 Å². The van der Waals surface area contributed by atoms with Gasteiger partial charge in [0.15, 0.2) is 0 Å². The topological polar surface area (TPSA) is 157 Å². The Labute approximate surface area is 196 Å². The van der Waals surface area contributed by atoms with Gasteiger partial charge in [-0.15, -0.1) is 0 Å². The van der Waals surface area contributed by atoms with Crippen LogP contribution in [-0.4, -0.2) is 69.4 Å². The SMILES string of the molecule is COc1ccc(S(=O)(=O)N2CCOCC2)cc1NC(=O)CCNC(=O)c1ccc([N+](=O)[O-])cc1. The Kier molecular flexibility index (Phi) is 8.15. The molecule has 1 saturated heterocycles. The van der Waals surface area contributed by atoms with Crippen molar-refractivity contribution in [1.29, 1.82) is 0 Å². The third-order valence-electron chi connectivity index (χ3n) is 5.03. The van der Waals surface area contributed by atoms with Crippen LogP contribution in [0.25, 0.3) is 0 Å². The molecule has 182 valence electrons. The van der Waals surface area contributed by atoms with Gasteiger partial charge in [-0.25, -0.2) is 8.42 Å². The number of morpholine rings is 1. The van der Waals surface area contributed by atoms with Gasteiger partial charge in [-0.2, -0.15) is 4.31 Å². The highest BCUT2D eigenvalue weighted by atomic mass is 32.2. The quantitative estimate of drug-likeness (QED) is 0.393. The van der Waals surface area contributed by atoms with E-state index in [1.54, 1.807) is 0 Å². The van der Waals surface area contributed by atoms with Crippen molar-refractivity contribution in [2.24, 2.45) is 0 Å². The molecule has 2 aromatic carbocycles. The molecule has 13 heteroatoms. The van der Waals surface area contributed by atoms with Gasteiger partial charge in [0.1, 0.15) is 5.75 Å². The fourth-order valence-electron chi connectivity index (χ4n) is 3.22. The van der Waals surface area contributed by atoms with E-state index in [9.17, 15) is 28.1 Å². The van der Waals surface area contributed by atoms with Crippen LogP contribution < -0.4 is 15.4 Å². The largest absolute Gasteiger partial charge is 0.495 e. The Morgan fingerprint density at radius 3 is 2.44 bits per heavy atom. The van der Waals surface area contributed by atoms with Gasteiger partial charge in [0.25, 0.3) is 11.6 Å². The summed E-state index contributed by atoms with van der Waals surface area (Å²) >= 11 is 0. The van der Waals surface area contributed by atoms with Gasteiger partial charge in [-0.3, -0.25) is 19.7 Å². The number of non-ortho nitro benzene ring substituents is 1. The molecule has 12 nitrogen and oxygen atoms in total. The second kappa shape index (κ2) is 11.0. The second-order valence-corrected chi connectivity index (χ2v) is 9.17. The molecule has 34 heavy (non-hydrogen) atoms. The number of carbonyl (C=O) groups is 2. The van der Waals surface area contributed by atoms with E-state index in [2.05, 4.69) is 10.6 Å². The van der Waals surface area contributed by atoms with Crippen LogP contribution in [0.3, 0.4) is 0 Å². The number of benzene rings is 2. The number of hydrogen-bond acceptors (Lipinski definition) is 8. The molecule has 1 heterocycles. The van der Waals surface area contributed by atoms with Crippen molar-refractivity contribution in [2.45, 2.75) is 11.3 Å². The molecule has 1 aliphatic heterocycles. The highest BCUT2D eigenvalue weighted by Crippen LogP contribution is 2.29. The number of nitrogens with zero attached hydrogens (tertiary/aromatic N) is 2. The fourth-order valence-corrected chi connectivity index (χ4v) is 4.65. The standard InChI is InChI=1S/C21H24N4O8S/c1-32-19-7-6-17(34(30,31)24-10-12-33-13-11-24)14-18(19)23-20(26)8-9-22-21(27)15-2-4-16(5-3-15)25(28)29/h2-7,14H,8-13H2,1H3,(H,22,27)(H,23,26). The lowest BCUT2D eigenvalue weighted by Gasteiger charge is -2.26. The van der Waals surface area contributed by atoms with Crippen LogP contribution in [0, 0.1) is 10.1 Å². The Morgan fingerprint density at radius 1 is 1.15 bits per heavy atom. The van der Waals surface area contributed by atoms with E-state index in [0.29, 0.717) is 13.2 Å². The summed E-state index contributed by atoms with van der Waals surface area (Å²) in [6.45, 7) is 1.10. The normalized spacial score (nSPS) is 14.3. The van der Waals surface area contributed by atoms with Crippen LogP contribution >= 0.6 is 0 Å². The number of anilines is 1. The predicted molar refractivity (Wildman–Crippen MR) is 121 cm³/mol. The molecule has 3 rings (SSSR count). The number of nitrogens with one attached hydrogen (secondary N) is 2. The van der Waals surface area contributed by atoms with Gasteiger partial charge < -0.3 is 20.1 Å². The van der Waals surface area contributed by atoms with Gasteiger partial charge in [0, 0.05) is 43.8 Å². The van der Waals surface area contributed by atoms with Gasteiger partial charge >= 0.3 is 0 Å². The summed E-state index contributed by atoms with van der Waals surface area (Å²) < 4.78 is 37.5. The summed E-state index contributed by atoms with van der Waals surface area (Å²) in [6.07, 6.45) is -0.0949. The van der Waals surface area contributed by atoms with Crippen molar-refractivity contribution in [3.63, 3.8) is 0 Å². The Bertz CT molecular complexity index is 1160. The number of nitro benzene ring substituents is 1. The zero-order chi connectivity index (χ0) is 24.7. The zero-order valence-electron chi connectivity index (χ0n) is 18.4. The first-order valence-corrected chi connectivity index (χ1v) is 11.7. The van der Waals surface area contributed by atoms with E-state index in [4.69, 9.17) is 9.47 Å². The van der Waals surface area contributed by atoms with Gasteiger partial charge in [-0.05, 0) is 30.3 Å². The van der Waals surface area contributed by atoms with E-state index in [1.165, 1.54) is 53.9 Å². The Hall–Kier alpha value is -3.55. The Morgan fingerprint density at radius 2 is 1.82 bits per heavy atom. The number of hydrogen-bond donors (Lipinski definition) is 2. The third kappa shape index (κ3) is 6.07. The lowest BCUT2D eigenvalue weighted by atomic mass is 10.2. The van der Waals surface area contributed by atoms with Crippen LogP contribution in [0.2, 0.25) is 0 Å². The van der Waals surface area contributed by atoms with Crippen LogP contribution in [0.5, 0.6) is 5.75 Å². The first-order chi connectivity index (χ1) is 16.2. The molecule has 0 unspecified atom stereocenters. The van der Waals surface area contributed by atoms with E-state index in [1.807, 2.05) is 0 Å². The van der Waals surface area contributed by atoms with Crippen LogP contribution in [0.1, 0.15) is 16.8 Å². The molecule has 0 spiro atoms. The molecular weight excluding hydrogens is 468 g/mol. The molecular formula is C21H24N4O8S. The van der Waals surface area contributed by atoms with Gasteiger partial charge in [0.2, 0.25) is 15.9 Å². The highest BCUT2D eigenvalue weighted by molar-refractivity contribution is 7.89. The number of sulfonamides is 1. The molecule has 0 atom stereocenters. The molecule has 0 saturated carbocycles. The minimum Gasteiger partial charge on any atom is -0.495 e. The summed E-state index contributed by atoms with van der Waals surface area (Å²) in [5, 5.41) is 15.9. The average molecular weight is 493 g/mol. The van der Waals surface area contributed by atoms with Crippen molar-refractivity contribution in [3.05, 3.63) is 58.1 Å². The average Bonchev–Trinajstić information content (AvgIpc) is 2.84. The summed E-state index contributed by atoms with van der Waals surface area (Å²) in [7, 11) is -2.37. The number of ether oxygens (including phenoxy) is 2. The van der Waals surface area contributed by atoms with Gasteiger partial charge in [-0.1, -0.05) is 0 Å². The predicted octanol–water partition coefficient (Wildman–Crippen LogP) is 1.38. The fraction of sp³-hybridized carbons (Fsp3) is 0.333. The van der Waals surface area contributed by atoms with Crippen LogP contribution in [0.4, 0.5) is 11.4 Å². The molecule has 0 aromatic heterocycles. The molecule has 0 aliphatic carbocycles. The molecule has 0 bridgehead atoms. The summed E-state index contributed by atoms with van der Waals surface area (Å²) in [5.74, 6) is -0.675. The number of amides is 2. The maximum absolute atomic E-state index is 12.9. The third-order valence-corrected chi connectivity index (χ3v) is 6.93. The van der Waals surface area contributed by atoms with Crippen molar-refractivity contribution in [2.75, 3.05) is 45.3 Å². The summed E-state index contributed by atoms with van der Waals surface area (Å²) in [6, 6.07) is 9.26. The second-order valence-electron chi connectivity index (χ2n) is 7.24. The number of nitro groups is 1. The Balaban J connectivity index is 1.60. The van der Waals surface area contributed by atoms with Crippen molar-refractivity contribution >= 4 is 33.2 Å².